The average molecular weight is 398 g/mol. The molecule has 1 aromatic carbocycles. The lowest BCUT2D eigenvalue weighted by Gasteiger charge is -2.30. The first-order chi connectivity index (χ1) is 10.4. The van der Waals surface area contributed by atoms with E-state index in [1.165, 1.54) is 13.2 Å². The summed E-state index contributed by atoms with van der Waals surface area (Å²) in [5.74, 6) is 0.374. The van der Waals surface area contributed by atoms with Gasteiger partial charge in [-0.25, -0.2) is 4.79 Å². The monoisotopic (exact) mass is 397 g/mol. The number of carbonyl (C=O) groups excluding carboxylic acids is 1. The summed E-state index contributed by atoms with van der Waals surface area (Å²) in [6.07, 6.45) is -5.65. The lowest BCUT2D eigenvalue weighted by Crippen LogP contribution is -2.42. The van der Waals surface area contributed by atoms with Gasteiger partial charge in [0.25, 0.3) is 0 Å². The van der Waals surface area contributed by atoms with Gasteiger partial charge in [0.2, 0.25) is 0 Å². The number of halogens is 4. The quantitative estimate of drug-likeness (QED) is 0.714. The average Bonchev–Trinajstić information content (AvgIpc) is 2.34. The van der Waals surface area contributed by atoms with E-state index in [-0.39, 0.29) is 5.69 Å². The minimum Gasteiger partial charge on any atom is -0.496 e. The maximum atomic E-state index is 12.9. The molecule has 0 aliphatic rings. The van der Waals surface area contributed by atoms with Crippen LogP contribution in [-0.4, -0.2) is 31.5 Å². The number of alkyl halides is 3. The molecule has 0 aliphatic heterocycles. The second kappa shape index (κ2) is 6.98. The van der Waals surface area contributed by atoms with Gasteiger partial charge in [-0.2, -0.15) is 13.2 Å². The molecule has 1 rings (SSSR count). The summed E-state index contributed by atoms with van der Waals surface area (Å²) in [7, 11) is 1.40. The van der Waals surface area contributed by atoms with Crippen molar-refractivity contribution in [2.75, 3.05) is 18.6 Å². The fraction of sp³-hybridized carbons (Fsp3) is 0.533. The molecule has 23 heavy (non-hydrogen) atoms. The molecule has 0 saturated carbocycles. The summed E-state index contributed by atoms with van der Waals surface area (Å²) in [4.78, 5) is 12.8. The van der Waals surface area contributed by atoms with Gasteiger partial charge in [0.1, 0.15) is 17.9 Å². The van der Waals surface area contributed by atoms with Crippen LogP contribution in [0.3, 0.4) is 0 Å². The number of hydrogen-bond donors (Lipinski definition) is 0. The Bertz CT molecular complexity index is 583. The Hall–Kier alpha value is -1.44. The lowest BCUT2D eigenvalue weighted by atomic mass is 10.1. The highest BCUT2D eigenvalue weighted by Gasteiger charge is 2.37. The summed E-state index contributed by atoms with van der Waals surface area (Å²) >= 11 is 3.19. The van der Waals surface area contributed by atoms with E-state index in [0.717, 1.165) is 0 Å². The molecule has 0 N–H and O–H groups in total. The lowest BCUT2D eigenvalue weighted by molar-refractivity contribution is -0.119. The van der Waals surface area contributed by atoms with Gasteiger partial charge < -0.3 is 9.47 Å². The summed E-state index contributed by atoms with van der Waals surface area (Å²) < 4.78 is 49.4. The maximum absolute atomic E-state index is 12.9. The minimum atomic E-state index is -4.58. The molecule has 1 amide bonds. The van der Waals surface area contributed by atoms with Crippen LogP contribution in [-0.2, 0) is 4.74 Å². The standard InChI is InChI=1S/C15H19BrF3NO3/c1-9-11(22-5)7-6-10(16)12(9)20(8-15(17,18)19)13(21)23-14(2,3)4/h6-7H,8H2,1-5H3. The first-order valence-electron chi connectivity index (χ1n) is 6.76. The molecule has 0 atom stereocenters. The molecule has 0 aliphatic carbocycles. The van der Waals surface area contributed by atoms with Crippen molar-refractivity contribution < 1.29 is 27.4 Å². The first kappa shape index (κ1) is 19.6. The molecular weight excluding hydrogens is 379 g/mol. The van der Waals surface area contributed by atoms with Crippen LogP contribution in [0.25, 0.3) is 0 Å². The Morgan fingerprint density at radius 2 is 1.83 bits per heavy atom. The molecule has 1 aromatic rings. The molecule has 0 bridgehead atoms. The molecule has 130 valence electrons. The summed E-state index contributed by atoms with van der Waals surface area (Å²) in [5.41, 5.74) is -0.451. The molecule has 4 nitrogen and oxygen atoms in total. The van der Waals surface area contributed by atoms with E-state index in [0.29, 0.717) is 20.7 Å². The van der Waals surface area contributed by atoms with Gasteiger partial charge in [0, 0.05) is 10.0 Å². The minimum absolute atomic E-state index is 0.0657. The van der Waals surface area contributed by atoms with Crippen LogP contribution in [0.1, 0.15) is 26.3 Å². The number of amides is 1. The third-order valence-corrected chi connectivity index (χ3v) is 3.41. The van der Waals surface area contributed by atoms with E-state index >= 15 is 0 Å². The molecule has 0 spiro atoms. The zero-order valence-corrected chi connectivity index (χ0v) is 15.1. The molecule has 0 radical (unpaired) electrons. The highest BCUT2D eigenvalue weighted by atomic mass is 79.9. The smallest absolute Gasteiger partial charge is 0.415 e. The topological polar surface area (TPSA) is 38.8 Å². The van der Waals surface area contributed by atoms with Gasteiger partial charge in [0.05, 0.1) is 12.8 Å². The van der Waals surface area contributed by atoms with Crippen LogP contribution in [0.4, 0.5) is 23.7 Å². The van der Waals surface area contributed by atoms with E-state index in [1.807, 2.05) is 0 Å². The fourth-order valence-corrected chi connectivity index (χ4v) is 2.58. The van der Waals surface area contributed by atoms with E-state index in [2.05, 4.69) is 15.9 Å². The maximum Gasteiger partial charge on any atom is 0.415 e. The van der Waals surface area contributed by atoms with Crippen molar-refractivity contribution in [2.45, 2.75) is 39.5 Å². The number of rotatable bonds is 3. The third kappa shape index (κ3) is 5.60. The zero-order valence-electron chi connectivity index (χ0n) is 13.5. The van der Waals surface area contributed by atoms with Gasteiger partial charge in [-0.15, -0.1) is 0 Å². The summed E-state index contributed by atoms with van der Waals surface area (Å²) in [6, 6.07) is 3.12. The number of nitrogens with zero attached hydrogens (tertiary/aromatic N) is 1. The summed E-state index contributed by atoms with van der Waals surface area (Å²) in [5, 5.41) is 0. The van der Waals surface area contributed by atoms with Crippen molar-refractivity contribution in [1.29, 1.82) is 0 Å². The summed E-state index contributed by atoms with van der Waals surface area (Å²) in [6.45, 7) is 4.87. The molecule has 0 heterocycles. The van der Waals surface area contributed by atoms with E-state index in [9.17, 15) is 18.0 Å². The largest absolute Gasteiger partial charge is 0.496 e. The van der Waals surface area contributed by atoms with Crippen molar-refractivity contribution in [3.63, 3.8) is 0 Å². The van der Waals surface area contributed by atoms with Crippen molar-refractivity contribution in [3.8, 4) is 5.75 Å². The molecule has 0 saturated heterocycles. The number of carbonyl (C=O) groups is 1. The van der Waals surface area contributed by atoms with E-state index < -0.39 is 24.4 Å². The van der Waals surface area contributed by atoms with E-state index in [4.69, 9.17) is 9.47 Å². The third-order valence-electron chi connectivity index (χ3n) is 2.77. The normalized spacial score (nSPS) is 12.0. The number of benzene rings is 1. The van der Waals surface area contributed by atoms with Crippen LogP contribution in [0, 0.1) is 6.92 Å². The zero-order chi connectivity index (χ0) is 18.0. The number of hydrogen-bond acceptors (Lipinski definition) is 3. The van der Waals surface area contributed by atoms with Crippen molar-refractivity contribution in [1.82, 2.24) is 0 Å². The Balaban J connectivity index is 3.38. The van der Waals surface area contributed by atoms with Gasteiger partial charge in [-0.1, -0.05) is 0 Å². The van der Waals surface area contributed by atoms with Gasteiger partial charge >= 0.3 is 12.3 Å². The first-order valence-corrected chi connectivity index (χ1v) is 7.55. The Morgan fingerprint density at radius 3 is 2.26 bits per heavy atom. The molecule has 0 unspecified atom stereocenters. The van der Waals surface area contributed by atoms with Crippen LogP contribution >= 0.6 is 15.9 Å². The van der Waals surface area contributed by atoms with Crippen molar-refractivity contribution >= 4 is 27.7 Å². The second-order valence-corrected chi connectivity index (χ2v) is 6.76. The molecule has 0 aromatic heterocycles. The number of anilines is 1. The van der Waals surface area contributed by atoms with Gasteiger partial charge in [0.15, 0.2) is 0 Å². The van der Waals surface area contributed by atoms with Crippen molar-refractivity contribution in [2.24, 2.45) is 0 Å². The van der Waals surface area contributed by atoms with E-state index in [1.54, 1.807) is 33.8 Å². The Kier molecular flexibility index (Phi) is 5.95. The van der Waals surface area contributed by atoms with Gasteiger partial charge in [-0.3, -0.25) is 4.90 Å². The highest BCUT2D eigenvalue weighted by molar-refractivity contribution is 9.10. The van der Waals surface area contributed by atoms with Crippen molar-refractivity contribution in [3.05, 3.63) is 22.2 Å². The predicted molar refractivity (Wildman–Crippen MR) is 85.1 cm³/mol. The van der Waals surface area contributed by atoms with Crippen LogP contribution in [0.5, 0.6) is 5.75 Å². The Labute approximate surface area is 141 Å². The van der Waals surface area contributed by atoms with Crippen LogP contribution in [0.2, 0.25) is 0 Å². The second-order valence-electron chi connectivity index (χ2n) is 5.90. The van der Waals surface area contributed by atoms with Crippen LogP contribution in [0.15, 0.2) is 16.6 Å². The molecule has 0 fully saturated rings. The SMILES string of the molecule is COc1ccc(Br)c(N(CC(F)(F)F)C(=O)OC(C)(C)C)c1C. The predicted octanol–water partition coefficient (Wildman–Crippen LogP) is 5.07. The molecular formula is C15H19BrF3NO3. The highest BCUT2D eigenvalue weighted by Crippen LogP contribution is 2.37. The fourth-order valence-electron chi connectivity index (χ4n) is 1.93. The van der Waals surface area contributed by atoms with Crippen LogP contribution < -0.4 is 9.64 Å². The van der Waals surface area contributed by atoms with Gasteiger partial charge in [-0.05, 0) is 55.8 Å². The number of methoxy groups -OCH3 is 1. The Morgan fingerprint density at radius 1 is 1.26 bits per heavy atom. The molecule has 8 heteroatoms. The number of ether oxygens (including phenoxy) is 2.